The van der Waals surface area contributed by atoms with Crippen molar-refractivity contribution in [2.24, 2.45) is 0 Å². The predicted molar refractivity (Wildman–Crippen MR) is 132 cm³/mol. The van der Waals surface area contributed by atoms with Gasteiger partial charge in [0, 0.05) is 22.6 Å². The van der Waals surface area contributed by atoms with Crippen LogP contribution in [0.15, 0.2) is 47.4 Å². The molecule has 0 radical (unpaired) electrons. The lowest BCUT2D eigenvalue weighted by Crippen LogP contribution is -2.42. The zero-order valence-electron chi connectivity index (χ0n) is 19.9. The highest BCUT2D eigenvalue weighted by atomic mass is 32.2. The standard InChI is InChI=1S/C25H27F3N2O3S2/c1-5-24(4,23(31)32-6-2)33-20-12-11-19(15-16(20)3)34-14-13-21-29-22(30-35-21)17-7-9-18(10-8-17)25(26,27)28/h7-12,15H,5-6,13-14H2,1-4H3. The molecule has 1 unspecified atom stereocenters. The first kappa shape index (κ1) is 27.0. The van der Waals surface area contributed by atoms with Crippen molar-refractivity contribution < 1.29 is 27.4 Å². The summed E-state index contributed by atoms with van der Waals surface area (Å²) >= 11 is 2.90. The van der Waals surface area contributed by atoms with Crippen LogP contribution < -0.4 is 4.74 Å². The first-order valence-electron chi connectivity index (χ1n) is 11.2. The van der Waals surface area contributed by atoms with Crippen LogP contribution in [0.4, 0.5) is 13.2 Å². The molecule has 3 rings (SSSR count). The van der Waals surface area contributed by atoms with Crippen LogP contribution in [0.25, 0.3) is 11.4 Å². The minimum absolute atomic E-state index is 0.298. The minimum Gasteiger partial charge on any atom is -0.476 e. The summed E-state index contributed by atoms with van der Waals surface area (Å²) in [5.74, 6) is 1.45. The molecular weight excluding hydrogens is 497 g/mol. The van der Waals surface area contributed by atoms with E-state index in [2.05, 4.69) is 9.36 Å². The minimum atomic E-state index is -4.37. The summed E-state index contributed by atoms with van der Waals surface area (Å²) in [6.45, 7) is 7.61. The number of carbonyl (C=O) groups excluding carboxylic acids is 1. The molecule has 0 fully saturated rings. The molecule has 0 saturated heterocycles. The van der Waals surface area contributed by atoms with Gasteiger partial charge in [0.15, 0.2) is 5.82 Å². The summed E-state index contributed by atoms with van der Waals surface area (Å²) < 4.78 is 53.7. The van der Waals surface area contributed by atoms with Crippen molar-refractivity contribution >= 4 is 29.3 Å². The van der Waals surface area contributed by atoms with Gasteiger partial charge in [-0.3, -0.25) is 0 Å². The molecular formula is C25H27F3N2O3S2. The summed E-state index contributed by atoms with van der Waals surface area (Å²) in [6, 6.07) is 10.7. The molecule has 10 heteroatoms. The van der Waals surface area contributed by atoms with E-state index < -0.39 is 17.3 Å². The number of carbonyl (C=O) groups is 1. The fourth-order valence-corrected chi connectivity index (χ4v) is 4.89. The smallest absolute Gasteiger partial charge is 0.416 e. The Morgan fingerprint density at radius 3 is 2.43 bits per heavy atom. The number of nitrogens with zero attached hydrogens (tertiary/aromatic N) is 2. The van der Waals surface area contributed by atoms with Gasteiger partial charge in [0.1, 0.15) is 10.8 Å². The molecule has 1 aromatic heterocycles. The maximum absolute atomic E-state index is 12.7. The SMILES string of the molecule is CCOC(=O)C(C)(CC)Oc1ccc(SCCc2nc(-c3ccc(C(F)(F)F)cc3)ns2)cc1C. The van der Waals surface area contributed by atoms with Gasteiger partial charge < -0.3 is 9.47 Å². The van der Waals surface area contributed by atoms with E-state index in [9.17, 15) is 18.0 Å². The molecule has 1 heterocycles. The van der Waals surface area contributed by atoms with Crippen molar-refractivity contribution in [3.05, 3.63) is 58.6 Å². The molecule has 0 spiro atoms. The lowest BCUT2D eigenvalue weighted by molar-refractivity contribution is -0.160. The molecule has 0 N–H and O–H groups in total. The lowest BCUT2D eigenvalue weighted by atomic mass is 10.0. The molecule has 0 aliphatic heterocycles. The summed E-state index contributed by atoms with van der Waals surface area (Å²) in [5.41, 5.74) is -0.265. The van der Waals surface area contributed by atoms with Gasteiger partial charge >= 0.3 is 12.1 Å². The first-order valence-corrected chi connectivity index (χ1v) is 12.9. The van der Waals surface area contributed by atoms with Crippen molar-refractivity contribution in [1.29, 1.82) is 0 Å². The summed E-state index contributed by atoms with van der Waals surface area (Å²) in [4.78, 5) is 17.8. The Balaban J connectivity index is 1.57. The fourth-order valence-electron chi connectivity index (χ4n) is 3.15. The highest BCUT2D eigenvalue weighted by molar-refractivity contribution is 7.99. The number of aromatic nitrogens is 2. The Labute approximate surface area is 211 Å². The predicted octanol–water partition coefficient (Wildman–Crippen LogP) is 6.98. The highest BCUT2D eigenvalue weighted by Crippen LogP contribution is 2.32. The first-order chi connectivity index (χ1) is 16.6. The van der Waals surface area contributed by atoms with Crippen LogP contribution >= 0.6 is 23.3 Å². The Kier molecular flexibility index (Phi) is 8.82. The third-order valence-corrected chi connectivity index (χ3v) is 7.15. The normalized spacial score (nSPS) is 13.3. The van der Waals surface area contributed by atoms with Crippen LogP contribution in [0.1, 0.15) is 43.3 Å². The number of esters is 1. The fraction of sp³-hybridized carbons (Fsp3) is 0.400. The third-order valence-electron chi connectivity index (χ3n) is 5.39. The highest BCUT2D eigenvalue weighted by Gasteiger charge is 2.35. The van der Waals surface area contributed by atoms with Crippen molar-refractivity contribution in [3.63, 3.8) is 0 Å². The average molecular weight is 525 g/mol. The molecule has 0 aliphatic carbocycles. The molecule has 2 aromatic carbocycles. The molecule has 35 heavy (non-hydrogen) atoms. The van der Waals surface area contributed by atoms with E-state index in [1.165, 1.54) is 23.7 Å². The van der Waals surface area contributed by atoms with Crippen LogP contribution in [0, 0.1) is 6.92 Å². The molecule has 0 aliphatic rings. The second-order valence-electron chi connectivity index (χ2n) is 8.02. The number of hydrogen-bond donors (Lipinski definition) is 0. The number of rotatable bonds is 10. The Morgan fingerprint density at radius 2 is 1.83 bits per heavy atom. The van der Waals surface area contributed by atoms with E-state index >= 15 is 0 Å². The number of aryl methyl sites for hydroxylation is 2. The van der Waals surface area contributed by atoms with Gasteiger partial charge in [-0.2, -0.15) is 17.5 Å². The largest absolute Gasteiger partial charge is 0.476 e. The molecule has 0 bridgehead atoms. The Hall–Kier alpha value is -2.59. The second kappa shape index (κ2) is 11.4. The number of benzene rings is 2. The van der Waals surface area contributed by atoms with Crippen molar-refractivity contribution in [2.45, 2.75) is 57.2 Å². The lowest BCUT2D eigenvalue weighted by Gasteiger charge is -2.28. The quantitative estimate of drug-likeness (QED) is 0.211. The maximum Gasteiger partial charge on any atom is 0.416 e. The monoisotopic (exact) mass is 524 g/mol. The van der Waals surface area contributed by atoms with E-state index in [1.807, 2.05) is 32.0 Å². The summed E-state index contributed by atoms with van der Waals surface area (Å²) in [6.07, 6.45) is -3.20. The van der Waals surface area contributed by atoms with Gasteiger partial charge in [-0.05, 0) is 74.6 Å². The average Bonchev–Trinajstić information content (AvgIpc) is 3.29. The number of ether oxygens (including phenoxy) is 2. The van der Waals surface area contributed by atoms with Crippen molar-refractivity contribution in [3.8, 4) is 17.1 Å². The molecule has 3 aromatic rings. The van der Waals surface area contributed by atoms with Crippen LogP contribution in [0.5, 0.6) is 5.75 Å². The second-order valence-corrected chi connectivity index (χ2v) is 10.0. The summed E-state index contributed by atoms with van der Waals surface area (Å²) in [5, 5.41) is 0.817. The number of halogens is 3. The molecule has 188 valence electrons. The zero-order valence-corrected chi connectivity index (χ0v) is 21.6. The Morgan fingerprint density at radius 1 is 1.11 bits per heavy atom. The van der Waals surface area contributed by atoms with Crippen LogP contribution in [-0.4, -0.2) is 33.3 Å². The van der Waals surface area contributed by atoms with Crippen LogP contribution in [-0.2, 0) is 22.1 Å². The summed E-state index contributed by atoms with van der Waals surface area (Å²) in [7, 11) is 0. The van der Waals surface area contributed by atoms with E-state index in [0.29, 0.717) is 36.6 Å². The number of hydrogen-bond acceptors (Lipinski definition) is 7. The van der Waals surface area contributed by atoms with Gasteiger partial charge in [-0.15, -0.1) is 11.8 Å². The van der Waals surface area contributed by atoms with E-state index in [0.717, 1.165) is 33.4 Å². The zero-order chi connectivity index (χ0) is 25.6. The van der Waals surface area contributed by atoms with Gasteiger partial charge in [0.05, 0.1) is 12.2 Å². The molecule has 0 amide bonds. The third kappa shape index (κ3) is 6.98. The number of alkyl halides is 3. The van der Waals surface area contributed by atoms with Crippen LogP contribution in [0.3, 0.4) is 0 Å². The molecule has 5 nitrogen and oxygen atoms in total. The van der Waals surface area contributed by atoms with Gasteiger partial charge in [0.25, 0.3) is 0 Å². The van der Waals surface area contributed by atoms with Gasteiger partial charge in [0.2, 0.25) is 5.60 Å². The van der Waals surface area contributed by atoms with Gasteiger partial charge in [-0.1, -0.05) is 19.1 Å². The Bertz CT molecular complexity index is 1150. The molecule has 1 atom stereocenters. The van der Waals surface area contributed by atoms with Crippen LogP contribution in [0.2, 0.25) is 0 Å². The van der Waals surface area contributed by atoms with Crippen molar-refractivity contribution in [2.75, 3.05) is 12.4 Å². The van der Waals surface area contributed by atoms with E-state index in [-0.39, 0.29) is 5.97 Å². The maximum atomic E-state index is 12.7. The van der Waals surface area contributed by atoms with Crippen molar-refractivity contribution in [1.82, 2.24) is 9.36 Å². The molecule has 0 saturated carbocycles. The van der Waals surface area contributed by atoms with E-state index in [4.69, 9.17) is 9.47 Å². The van der Waals surface area contributed by atoms with E-state index in [1.54, 1.807) is 25.6 Å². The number of thioether (sulfide) groups is 1. The van der Waals surface area contributed by atoms with Gasteiger partial charge in [-0.25, -0.2) is 9.78 Å². The topological polar surface area (TPSA) is 61.3 Å².